The fourth-order valence-corrected chi connectivity index (χ4v) is 4.69. The van der Waals surface area contributed by atoms with Gasteiger partial charge in [-0.1, -0.05) is 42.5 Å². The zero-order valence-electron chi connectivity index (χ0n) is 16.3. The summed E-state index contributed by atoms with van der Waals surface area (Å²) in [4.78, 5) is 43.0. The number of rotatable bonds is 4. The van der Waals surface area contributed by atoms with Crippen molar-refractivity contribution in [2.75, 3.05) is 26.2 Å². The zero-order chi connectivity index (χ0) is 19.7. The molecule has 3 atom stereocenters. The maximum absolute atomic E-state index is 13.0. The first-order valence-corrected chi connectivity index (χ1v) is 10.2. The van der Waals surface area contributed by atoms with Crippen LogP contribution in [0.5, 0.6) is 0 Å². The number of nitrogens with one attached hydrogen (secondary N) is 1. The molecule has 2 heterocycles. The Bertz CT molecular complexity index is 757. The molecule has 1 aromatic carbocycles. The predicted molar refractivity (Wildman–Crippen MR) is 104 cm³/mol. The molecule has 1 aliphatic carbocycles. The molecule has 0 unspecified atom stereocenters. The van der Waals surface area contributed by atoms with E-state index in [1.54, 1.807) is 6.92 Å². The van der Waals surface area contributed by atoms with Gasteiger partial charge in [0.1, 0.15) is 12.6 Å². The zero-order valence-corrected chi connectivity index (χ0v) is 16.3. The Kier molecular flexibility index (Phi) is 5.31. The van der Waals surface area contributed by atoms with Crippen LogP contribution in [0.1, 0.15) is 25.3 Å². The quantitative estimate of drug-likeness (QED) is 0.600. The van der Waals surface area contributed by atoms with E-state index in [1.807, 2.05) is 35.3 Å². The third kappa shape index (κ3) is 3.49. The van der Waals surface area contributed by atoms with Crippen molar-refractivity contribution < 1.29 is 19.3 Å². The van der Waals surface area contributed by atoms with Gasteiger partial charge in [-0.15, -0.1) is 0 Å². The summed E-state index contributed by atoms with van der Waals surface area (Å²) in [5.41, 5.74) is 1.30. The number of imide groups is 1. The monoisotopic (exact) mass is 382 g/mol. The van der Waals surface area contributed by atoms with Crippen molar-refractivity contribution in [3.8, 4) is 0 Å². The molecule has 1 aromatic rings. The standard InChI is InChI=1S/C22H27N3O3/c1-16(25-21(27)18-9-5-6-10-19(18)22(25)28)20(26)24-13-11-23(12-14-24)15-17-7-3-2-4-8-17/h2-8,16,18-19H,9-15H2,1H3/p+1/t16-,18-,19+/m1/s1. The number of hydrogen-bond acceptors (Lipinski definition) is 3. The molecule has 1 N–H and O–H groups in total. The normalized spacial score (nSPS) is 26.5. The van der Waals surface area contributed by atoms with Crippen LogP contribution in [0.3, 0.4) is 0 Å². The summed E-state index contributed by atoms with van der Waals surface area (Å²) in [6.07, 6.45) is 5.15. The number of amides is 3. The van der Waals surface area contributed by atoms with Crippen molar-refractivity contribution in [3.05, 3.63) is 48.0 Å². The van der Waals surface area contributed by atoms with E-state index in [0.717, 1.165) is 19.6 Å². The second kappa shape index (κ2) is 7.87. The molecule has 6 nitrogen and oxygen atoms in total. The van der Waals surface area contributed by atoms with Gasteiger partial charge in [0, 0.05) is 5.56 Å². The van der Waals surface area contributed by atoms with Crippen molar-refractivity contribution >= 4 is 17.7 Å². The molecule has 2 fully saturated rings. The SMILES string of the molecule is C[C@H](C(=O)N1CC[NH+](Cc2ccccc2)CC1)N1C(=O)[C@H]2CC=CC[C@H]2C1=O. The number of hydrogen-bond donors (Lipinski definition) is 1. The number of allylic oxidation sites excluding steroid dienone is 2. The molecule has 3 aliphatic rings. The van der Waals surface area contributed by atoms with E-state index in [4.69, 9.17) is 0 Å². The number of nitrogens with zero attached hydrogens (tertiary/aromatic N) is 2. The van der Waals surface area contributed by atoms with Crippen molar-refractivity contribution in [1.29, 1.82) is 0 Å². The molecular formula is C22H28N3O3+. The van der Waals surface area contributed by atoms with Gasteiger partial charge in [0.25, 0.3) is 0 Å². The number of benzene rings is 1. The van der Waals surface area contributed by atoms with Crippen LogP contribution in [-0.4, -0.2) is 59.7 Å². The van der Waals surface area contributed by atoms with E-state index in [9.17, 15) is 14.4 Å². The highest BCUT2D eigenvalue weighted by Crippen LogP contribution is 2.36. The Labute approximate surface area is 165 Å². The first-order valence-electron chi connectivity index (χ1n) is 10.2. The van der Waals surface area contributed by atoms with Gasteiger partial charge < -0.3 is 9.80 Å². The van der Waals surface area contributed by atoms with Gasteiger partial charge >= 0.3 is 0 Å². The van der Waals surface area contributed by atoms with Gasteiger partial charge in [-0.25, -0.2) is 0 Å². The van der Waals surface area contributed by atoms with Crippen LogP contribution < -0.4 is 4.90 Å². The summed E-state index contributed by atoms with van der Waals surface area (Å²) >= 11 is 0. The van der Waals surface area contributed by atoms with E-state index >= 15 is 0 Å². The number of fused-ring (bicyclic) bond motifs is 1. The van der Waals surface area contributed by atoms with Crippen molar-refractivity contribution in [3.63, 3.8) is 0 Å². The second-order valence-electron chi connectivity index (χ2n) is 8.12. The van der Waals surface area contributed by atoms with E-state index in [2.05, 4.69) is 12.1 Å². The lowest BCUT2D eigenvalue weighted by molar-refractivity contribution is -0.917. The minimum Gasteiger partial charge on any atom is -0.330 e. The molecule has 0 saturated carbocycles. The topological polar surface area (TPSA) is 62.1 Å². The van der Waals surface area contributed by atoms with Crippen LogP contribution in [-0.2, 0) is 20.9 Å². The van der Waals surface area contributed by atoms with Gasteiger partial charge in [-0.2, -0.15) is 0 Å². The molecule has 0 bridgehead atoms. The fourth-order valence-electron chi connectivity index (χ4n) is 4.69. The van der Waals surface area contributed by atoms with Crippen LogP contribution in [0, 0.1) is 11.8 Å². The number of carbonyl (C=O) groups is 3. The average Bonchev–Trinajstić information content (AvgIpc) is 2.99. The highest BCUT2D eigenvalue weighted by molar-refractivity contribution is 6.08. The van der Waals surface area contributed by atoms with E-state index in [0.29, 0.717) is 25.9 Å². The van der Waals surface area contributed by atoms with Crippen LogP contribution in [0.4, 0.5) is 0 Å². The predicted octanol–water partition coefficient (Wildman–Crippen LogP) is 0.253. The highest BCUT2D eigenvalue weighted by Gasteiger charge is 2.50. The molecule has 28 heavy (non-hydrogen) atoms. The molecule has 2 aliphatic heterocycles. The first kappa shape index (κ1) is 18.9. The number of quaternary nitrogens is 1. The van der Waals surface area contributed by atoms with Crippen LogP contribution in [0.25, 0.3) is 0 Å². The van der Waals surface area contributed by atoms with Gasteiger partial charge in [0.2, 0.25) is 17.7 Å². The molecule has 2 saturated heterocycles. The second-order valence-corrected chi connectivity index (χ2v) is 8.12. The van der Waals surface area contributed by atoms with E-state index in [1.165, 1.54) is 15.4 Å². The third-order valence-electron chi connectivity index (χ3n) is 6.37. The summed E-state index contributed by atoms with van der Waals surface area (Å²) in [5.74, 6) is -1.01. The molecule has 0 radical (unpaired) electrons. The van der Waals surface area contributed by atoms with Crippen molar-refractivity contribution in [2.45, 2.75) is 32.4 Å². The van der Waals surface area contributed by atoms with E-state index in [-0.39, 0.29) is 29.6 Å². The lowest BCUT2D eigenvalue weighted by Gasteiger charge is -2.35. The molecule has 4 rings (SSSR count). The van der Waals surface area contributed by atoms with Crippen molar-refractivity contribution in [1.82, 2.24) is 9.80 Å². The molecule has 0 aromatic heterocycles. The van der Waals surface area contributed by atoms with Crippen LogP contribution in [0.2, 0.25) is 0 Å². The minimum atomic E-state index is -0.707. The molecule has 148 valence electrons. The Morgan fingerprint density at radius 1 is 1.04 bits per heavy atom. The maximum Gasteiger partial charge on any atom is 0.245 e. The smallest absolute Gasteiger partial charge is 0.245 e. The van der Waals surface area contributed by atoms with Crippen LogP contribution in [0.15, 0.2) is 42.5 Å². The Hall–Kier alpha value is -2.47. The molecular weight excluding hydrogens is 354 g/mol. The van der Waals surface area contributed by atoms with Gasteiger partial charge in [0.15, 0.2) is 0 Å². The average molecular weight is 382 g/mol. The third-order valence-corrected chi connectivity index (χ3v) is 6.37. The lowest BCUT2D eigenvalue weighted by Crippen LogP contribution is -3.13. The minimum absolute atomic E-state index is 0.105. The summed E-state index contributed by atoms with van der Waals surface area (Å²) in [6.45, 7) is 5.74. The summed E-state index contributed by atoms with van der Waals surface area (Å²) < 4.78 is 0. The Morgan fingerprint density at radius 3 is 2.18 bits per heavy atom. The maximum atomic E-state index is 13.0. The first-order chi connectivity index (χ1) is 13.6. The molecule has 0 spiro atoms. The summed E-state index contributed by atoms with van der Waals surface area (Å²) in [7, 11) is 0. The van der Waals surface area contributed by atoms with Gasteiger partial charge in [-0.05, 0) is 19.8 Å². The fraction of sp³-hybridized carbons (Fsp3) is 0.500. The number of carbonyl (C=O) groups excluding carboxylic acids is 3. The van der Waals surface area contributed by atoms with E-state index < -0.39 is 6.04 Å². The lowest BCUT2D eigenvalue weighted by atomic mass is 9.85. The van der Waals surface area contributed by atoms with Crippen LogP contribution >= 0.6 is 0 Å². The summed E-state index contributed by atoms with van der Waals surface area (Å²) in [5, 5.41) is 0. The Balaban J connectivity index is 1.35. The Morgan fingerprint density at radius 2 is 1.61 bits per heavy atom. The van der Waals surface area contributed by atoms with Gasteiger partial charge in [0.05, 0.1) is 38.0 Å². The van der Waals surface area contributed by atoms with Gasteiger partial charge in [-0.3, -0.25) is 19.3 Å². The van der Waals surface area contributed by atoms with Crippen molar-refractivity contribution in [2.24, 2.45) is 11.8 Å². The largest absolute Gasteiger partial charge is 0.330 e. The highest BCUT2D eigenvalue weighted by atomic mass is 16.2. The summed E-state index contributed by atoms with van der Waals surface area (Å²) in [6, 6.07) is 9.67. The molecule has 3 amide bonds. The number of likely N-dealkylation sites (tertiary alicyclic amines) is 1. The molecule has 6 heteroatoms. The number of piperazine rings is 1.